The molecule has 8 heteroatoms. The molecule has 0 bridgehead atoms. The van der Waals surface area contributed by atoms with Crippen LogP contribution in [0.15, 0.2) is 409 Å². The smallest absolute Gasteiger partial charge is 0.160 e. The molecule has 116 heavy (non-hydrogen) atoms. The number of nitrogens with zero attached hydrogens (tertiary/aromatic N) is 6. The molecule has 0 radical (unpaired) electrons. The minimum absolute atomic E-state index is 0.679. The molecular weight excluding hydrogens is 1410 g/mol. The van der Waals surface area contributed by atoms with Gasteiger partial charge in [-0.05, 0) is 131 Å². The Morgan fingerprint density at radius 1 is 0.172 bits per heavy atom. The number of furan rings is 2. The van der Waals surface area contributed by atoms with E-state index in [2.05, 4.69) is 315 Å². The van der Waals surface area contributed by atoms with Crippen molar-refractivity contribution in [2.75, 3.05) is 0 Å². The Morgan fingerprint density at radius 3 is 0.974 bits per heavy atom. The fraction of sp³-hybridized carbons (Fsp3) is 0. The fourth-order valence-electron chi connectivity index (χ4n) is 17.0. The molecular formula is C108H66N6O2. The summed E-state index contributed by atoms with van der Waals surface area (Å²) in [5.41, 5.74) is 25.1. The van der Waals surface area contributed by atoms with Crippen molar-refractivity contribution in [2.24, 2.45) is 0 Å². The minimum Gasteiger partial charge on any atom is -0.455 e. The molecule has 6 aromatic heterocycles. The van der Waals surface area contributed by atoms with E-state index in [0.29, 0.717) is 11.6 Å². The van der Waals surface area contributed by atoms with E-state index >= 15 is 0 Å². The van der Waals surface area contributed by atoms with Crippen LogP contribution >= 0.6 is 0 Å². The van der Waals surface area contributed by atoms with Gasteiger partial charge in [0.25, 0.3) is 0 Å². The number of hydrogen-bond donors (Lipinski definition) is 0. The molecule has 8 nitrogen and oxygen atoms in total. The Morgan fingerprint density at radius 2 is 0.491 bits per heavy atom. The van der Waals surface area contributed by atoms with Crippen LogP contribution in [0.5, 0.6) is 0 Å². The van der Waals surface area contributed by atoms with Crippen LogP contribution in [-0.4, -0.2) is 29.9 Å². The first kappa shape index (κ1) is 67.3. The van der Waals surface area contributed by atoms with E-state index in [0.717, 1.165) is 172 Å². The van der Waals surface area contributed by atoms with E-state index in [4.69, 9.17) is 38.7 Å². The fourth-order valence-corrected chi connectivity index (χ4v) is 17.0. The Balaban J connectivity index is 0.000000141. The number of rotatable bonds is 11. The third-order valence-electron chi connectivity index (χ3n) is 22.5. The van der Waals surface area contributed by atoms with Gasteiger partial charge in [-0.1, -0.05) is 346 Å². The molecule has 540 valence electrons. The van der Waals surface area contributed by atoms with Crippen molar-refractivity contribution in [3.05, 3.63) is 400 Å². The van der Waals surface area contributed by atoms with E-state index in [1.807, 2.05) is 84.9 Å². The second-order valence-electron chi connectivity index (χ2n) is 29.4. The molecule has 0 unspecified atom stereocenters. The number of para-hydroxylation sites is 2. The highest BCUT2D eigenvalue weighted by atomic mass is 16.3. The average molecular weight is 1480 g/mol. The zero-order valence-electron chi connectivity index (χ0n) is 62.6. The van der Waals surface area contributed by atoms with E-state index in [-0.39, 0.29) is 0 Å². The van der Waals surface area contributed by atoms with Crippen molar-refractivity contribution < 1.29 is 8.83 Å². The minimum atomic E-state index is 0.679. The van der Waals surface area contributed by atoms with Gasteiger partial charge < -0.3 is 8.83 Å². The van der Waals surface area contributed by atoms with Crippen LogP contribution in [0.2, 0.25) is 0 Å². The monoisotopic (exact) mass is 1480 g/mol. The first-order valence-electron chi connectivity index (χ1n) is 39.1. The van der Waals surface area contributed by atoms with Crippen LogP contribution in [0.4, 0.5) is 0 Å². The summed E-state index contributed by atoms with van der Waals surface area (Å²) in [7, 11) is 0. The summed E-state index contributed by atoms with van der Waals surface area (Å²) in [5, 5.41) is 15.8. The zero-order chi connectivity index (χ0) is 76.6. The van der Waals surface area contributed by atoms with Gasteiger partial charge in [0.2, 0.25) is 0 Å². The van der Waals surface area contributed by atoms with Gasteiger partial charge in [-0.2, -0.15) is 0 Å². The van der Waals surface area contributed by atoms with Gasteiger partial charge in [0.15, 0.2) is 11.6 Å². The summed E-state index contributed by atoms with van der Waals surface area (Å²) in [4.78, 5) is 31.4. The second kappa shape index (κ2) is 28.3. The number of hydrogen-bond acceptors (Lipinski definition) is 8. The molecule has 23 aromatic rings. The van der Waals surface area contributed by atoms with Crippen molar-refractivity contribution in [3.63, 3.8) is 0 Å². The summed E-state index contributed by atoms with van der Waals surface area (Å²) >= 11 is 0. The first-order valence-corrected chi connectivity index (χ1v) is 39.1. The van der Waals surface area contributed by atoms with Crippen LogP contribution in [0.3, 0.4) is 0 Å². The predicted molar refractivity (Wildman–Crippen MR) is 479 cm³/mol. The van der Waals surface area contributed by atoms with Crippen molar-refractivity contribution in [1.82, 2.24) is 29.9 Å². The third kappa shape index (κ3) is 11.9. The standard InChI is InChI=1S/C57H35N3O.C51H31N3O/c1-3-14-36(15-4-1)37-26-32-41(33-27-37)57-59-50(38-16-5-2-6-17-38)35-51(60-57)39-28-30-40(31-29-39)55-54-47-22-11-12-25-52(47)61-56(54)53-46(23-13-24-49(53)58-55)48-34-42-18-7-8-19-43(42)44-20-9-10-21-45(44)48;1-3-15-32(16-4-1)44-31-45(54-51(53-44)33-17-5-2-6-18-33)35-20-13-21-36(29-35)49-48-41-25-11-12-28-46(41)55-50(48)47-40(26-14-27-43(47)52-49)42-30-34-19-7-8-22-37(34)38-23-9-10-24-39(38)42/h1-35H;1-31H. The molecule has 0 saturated heterocycles. The van der Waals surface area contributed by atoms with Gasteiger partial charge >= 0.3 is 0 Å². The van der Waals surface area contributed by atoms with E-state index in [9.17, 15) is 0 Å². The maximum Gasteiger partial charge on any atom is 0.160 e. The summed E-state index contributed by atoms with van der Waals surface area (Å²) in [6.45, 7) is 0. The van der Waals surface area contributed by atoms with Crippen LogP contribution < -0.4 is 0 Å². The van der Waals surface area contributed by atoms with Crippen LogP contribution in [0.25, 0.3) is 232 Å². The summed E-state index contributed by atoms with van der Waals surface area (Å²) < 4.78 is 13.7. The highest BCUT2D eigenvalue weighted by molar-refractivity contribution is 6.27. The van der Waals surface area contributed by atoms with Gasteiger partial charge in [-0.3, -0.25) is 0 Å². The lowest BCUT2D eigenvalue weighted by atomic mass is 9.90. The molecule has 0 atom stereocenters. The van der Waals surface area contributed by atoms with Gasteiger partial charge in [0.05, 0.1) is 66.7 Å². The van der Waals surface area contributed by atoms with E-state index in [1.54, 1.807) is 0 Å². The molecule has 6 heterocycles. The molecule has 0 spiro atoms. The van der Waals surface area contributed by atoms with Crippen molar-refractivity contribution in [1.29, 1.82) is 0 Å². The van der Waals surface area contributed by atoms with Crippen molar-refractivity contribution >= 4 is 109 Å². The average Bonchev–Trinajstić information content (AvgIpc) is 1.52. The number of benzene rings is 17. The first-order chi connectivity index (χ1) is 57.5. The largest absolute Gasteiger partial charge is 0.455 e. The molecule has 0 amide bonds. The molecule has 0 N–H and O–H groups in total. The van der Waals surface area contributed by atoms with Crippen LogP contribution in [-0.2, 0) is 0 Å². The summed E-state index contributed by atoms with van der Waals surface area (Å²) in [6.07, 6.45) is 0. The third-order valence-corrected chi connectivity index (χ3v) is 22.5. The SMILES string of the molecule is c1ccc(-c2cc(-c3cccc(-c4nc5cccc(-c6cc7ccccc7c7ccccc67)c5c5oc6ccccc6c45)c3)nc(-c3ccccc3)n2)cc1.c1ccc(-c2ccc(-c3nc(-c4ccccc4)cc(-c4ccc(-c5nc6cccc(-c7cc8ccccc8c8ccccc78)c6c6oc7ccccc7c56)cc4)n3)cc2)cc1. The number of aromatic nitrogens is 6. The van der Waals surface area contributed by atoms with Crippen molar-refractivity contribution in [2.45, 2.75) is 0 Å². The maximum absolute atomic E-state index is 6.87. The Hall–Kier alpha value is -15.6. The molecule has 0 aliphatic heterocycles. The number of pyridine rings is 2. The normalized spacial score (nSPS) is 11.6. The van der Waals surface area contributed by atoms with E-state index in [1.165, 1.54) is 48.7 Å². The predicted octanol–water partition coefficient (Wildman–Crippen LogP) is 28.8. The summed E-state index contributed by atoms with van der Waals surface area (Å²) in [5.74, 6) is 1.36. The summed E-state index contributed by atoms with van der Waals surface area (Å²) in [6, 6.07) is 140. The van der Waals surface area contributed by atoms with Crippen LogP contribution in [0, 0.1) is 0 Å². The van der Waals surface area contributed by atoms with E-state index < -0.39 is 0 Å². The van der Waals surface area contributed by atoms with Gasteiger partial charge in [0, 0.05) is 55.3 Å². The molecule has 0 fully saturated rings. The lowest BCUT2D eigenvalue weighted by molar-refractivity contribution is 0.672. The lowest BCUT2D eigenvalue weighted by Crippen LogP contribution is -1.96. The van der Waals surface area contributed by atoms with Gasteiger partial charge in [-0.25, -0.2) is 29.9 Å². The Kier molecular flexibility index (Phi) is 16.4. The molecule has 0 aliphatic rings. The second-order valence-corrected chi connectivity index (χ2v) is 29.4. The zero-order valence-corrected chi connectivity index (χ0v) is 62.6. The number of fused-ring (bicyclic) bond motifs is 16. The molecule has 23 rings (SSSR count). The van der Waals surface area contributed by atoms with Gasteiger partial charge in [-0.15, -0.1) is 0 Å². The Labute approximate surface area is 667 Å². The lowest BCUT2D eigenvalue weighted by Gasteiger charge is -2.15. The Bertz CT molecular complexity index is 7740. The van der Waals surface area contributed by atoms with Crippen LogP contribution in [0.1, 0.15) is 0 Å². The highest BCUT2D eigenvalue weighted by Crippen LogP contribution is 2.49. The topological polar surface area (TPSA) is 104 Å². The quantitative estimate of drug-likeness (QED) is 0.118. The molecule has 0 saturated carbocycles. The maximum atomic E-state index is 6.87. The molecule has 0 aliphatic carbocycles. The highest BCUT2D eigenvalue weighted by Gasteiger charge is 2.26. The van der Waals surface area contributed by atoms with Crippen molar-refractivity contribution in [3.8, 4) is 124 Å². The molecule has 17 aromatic carbocycles. The van der Waals surface area contributed by atoms with Gasteiger partial charge in [0.1, 0.15) is 22.3 Å².